The Labute approximate surface area is 261 Å². The molecule has 9 heteroatoms. The highest BCUT2D eigenvalue weighted by molar-refractivity contribution is 6.42. The van der Waals surface area contributed by atoms with Crippen molar-refractivity contribution in [2.24, 2.45) is 5.92 Å². The molecule has 2 aromatic rings. The van der Waals surface area contributed by atoms with Crippen LogP contribution in [0.4, 0.5) is 0 Å². The van der Waals surface area contributed by atoms with Crippen LogP contribution in [0.3, 0.4) is 0 Å². The van der Waals surface area contributed by atoms with Crippen LogP contribution in [0.25, 0.3) is 0 Å². The molecule has 1 fully saturated rings. The predicted octanol–water partition coefficient (Wildman–Crippen LogP) is 7.51. The van der Waals surface area contributed by atoms with E-state index < -0.39 is 11.5 Å². The smallest absolute Gasteiger partial charge is 0.230 e. The van der Waals surface area contributed by atoms with E-state index in [0.29, 0.717) is 21.5 Å². The highest BCUT2D eigenvalue weighted by Gasteiger charge is 2.37. The fourth-order valence-corrected chi connectivity index (χ4v) is 4.77. The standard InChI is InChI=1S/C25H31Cl3N2O2.C4H10O.C3H6O/c1-17-9-12-30(13-10-17)14-11-25(2,19-5-8-21(27)22(28)15-19)24(32)29-23(16-31)18-3-6-20(26)7-4-18;1-3-4-5-2;1-3(2)4/h3-8,15,17,23,31H,9-14,16H2,1-2H3,(H,29,32);3-4H2,1-2H3;1-2H3/t23-,25?;;/m0../s1. The van der Waals surface area contributed by atoms with E-state index in [4.69, 9.17) is 39.5 Å². The topological polar surface area (TPSA) is 78.9 Å². The lowest BCUT2D eigenvalue weighted by molar-refractivity contribution is -0.127. The third-order valence-electron chi connectivity index (χ3n) is 7.03. The SMILES string of the molecule is CC(C)=O.CC1CCN(CCC(C)(C(=O)N[C@@H](CO)c2ccc(Cl)cc2)c2ccc(Cl)c(Cl)c2)CC1.CCCOC. The summed E-state index contributed by atoms with van der Waals surface area (Å²) in [6.07, 6.45) is 4.11. The van der Waals surface area contributed by atoms with Gasteiger partial charge in [0.15, 0.2) is 0 Å². The van der Waals surface area contributed by atoms with Crippen molar-refractivity contribution in [1.29, 1.82) is 0 Å². The van der Waals surface area contributed by atoms with E-state index in [1.807, 2.05) is 25.1 Å². The van der Waals surface area contributed by atoms with Gasteiger partial charge in [0.1, 0.15) is 5.78 Å². The number of carbonyl (C=O) groups excluding carboxylic acids is 2. The number of hydrogen-bond acceptors (Lipinski definition) is 5. The Balaban J connectivity index is 0.000000814. The van der Waals surface area contributed by atoms with E-state index in [-0.39, 0.29) is 18.3 Å². The van der Waals surface area contributed by atoms with Crippen LogP contribution in [-0.2, 0) is 19.7 Å². The first-order valence-corrected chi connectivity index (χ1v) is 15.3. The molecular formula is C32H47Cl3N2O4. The molecule has 41 heavy (non-hydrogen) atoms. The van der Waals surface area contributed by atoms with Crippen molar-refractivity contribution in [2.45, 2.75) is 71.8 Å². The van der Waals surface area contributed by atoms with Crippen LogP contribution >= 0.6 is 34.8 Å². The van der Waals surface area contributed by atoms with Crippen LogP contribution in [0.2, 0.25) is 15.1 Å². The van der Waals surface area contributed by atoms with Gasteiger partial charge in [0.25, 0.3) is 0 Å². The predicted molar refractivity (Wildman–Crippen MR) is 171 cm³/mol. The molecule has 0 saturated carbocycles. The minimum Gasteiger partial charge on any atom is -0.394 e. The van der Waals surface area contributed by atoms with Gasteiger partial charge in [-0.05, 0) is 107 Å². The van der Waals surface area contributed by atoms with Crippen LogP contribution in [0.5, 0.6) is 0 Å². The summed E-state index contributed by atoms with van der Waals surface area (Å²) >= 11 is 18.4. The number of benzene rings is 2. The number of ketones is 1. The van der Waals surface area contributed by atoms with Gasteiger partial charge < -0.3 is 24.9 Å². The fourth-order valence-electron chi connectivity index (χ4n) is 4.35. The van der Waals surface area contributed by atoms with Crippen LogP contribution < -0.4 is 5.32 Å². The van der Waals surface area contributed by atoms with Gasteiger partial charge in [-0.3, -0.25) is 4.79 Å². The number of aliphatic hydroxyl groups excluding tert-OH is 1. The molecule has 3 rings (SSSR count). The maximum Gasteiger partial charge on any atom is 0.230 e. The Hall–Kier alpha value is -1.67. The number of Topliss-reactive ketones (excluding diaryl/α,β-unsaturated/α-hetero) is 1. The summed E-state index contributed by atoms with van der Waals surface area (Å²) in [5, 5.41) is 14.5. The zero-order valence-corrected chi connectivity index (χ0v) is 27.6. The molecule has 0 aliphatic carbocycles. The van der Waals surface area contributed by atoms with Crippen molar-refractivity contribution in [3.8, 4) is 0 Å². The molecule has 2 aromatic carbocycles. The Bertz CT molecular complexity index is 1050. The van der Waals surface area contributed by atoms with E-state index in [9.17, 15) is 14.7 Å². The van der Waals surface area contributed by atoms with Crippen molar-refractivity contribution in [1.82, 2.24) is 10.2 Å². The van der Waals surface area contributed by atoms with Gasteiger partial charge in [-0.25, -0.2) is 0 Å². The fraction of sp³-hybridized carbons (Fsp3) is 0.562. The van der Waals surface area contributed by atoms with E-state index in [0.717, 1.165) is 49.7 Å². The number of methoxy groups -OCH3 is 1. The average molecular weight is 630 g/mol. The van der Waals surface area contributed by atoms with Gasteiger partial charge in [-0.1, -0.05) is 66.8 Å². The largest absolute Gasteiger partial charge is 0.394 e. The first-order chi connectivity index (χ1) is 19.4. The molecule has 1 aliphatic heterocycles. The van der Waals surface area contributed by atoms with Gasteiger partial charge in [-0.2, -0.15) is 0 Å². The maximum atomic E-state index is 13.7. The number of piperidine rings is 1. The lowest BCUT2D eigenvalue weighted by Gasteiger charge is -2.35. The number of halogens is 3. The second-order valence-electron chi connectivity index (χ2n) is 10.9. The van der Waals surface area contributed by atoms with Gasteiger partial charge in [0, 0.05) is 18.7 Å². The molecule has 1 heterocycles. The first kappa shape index (κ1) is 37.4. The molecule has 0 spiro atoms. The van der Waals surface area contributed by atoms with Crippen molar-refractivity contribution in [3.63, 3.8) is 0 Å². The van der Waals surface area contributed by atoms with Gasteiger partial charge in [0.2, 0.25) is 5.91 Å². The number of likely N-dealkylation sites (tertiary alicyclic amines) is 1. The summed E-state index contributed by atoms with van der Waals surface area (Å²) in [6.45, 7) is 12.9. The van der Waals surface area contributed by atoms with E-state index in [1.165, 1.54) is 26.7 Å². The van der Waals surface area contributed by atoms with Crippen molar-refractivity contribution in [2.75, 3.05) is 40.0 Å². The number of hydrogen-bond donors (Lipinski definition) is 2. The normalized spacial score (nSPS) is 15.9. The number of aliphatic hydroxyl groups is 1. The quantitative estimate of drug-likeness (QED) is 0.284. The van der Waals surface area contributed by atoms with Gasteiger partial charge >= 0.3 is 0 Å². The monoisotopic (exact) mass is 628 g/mol. The Morgan fingerprint density at radius 3 is 2.12 bits per heavy atom. The zero-order valence-electron chi connectivity index (χ0n) is 25.3. The third kappa shape index (κ3) is 13.5. The van der Waals surface area contributed by atoms with Crippen molar-refractivity contribution in [3.05, 3.63) is 68.7 Å². The number of nitrogens with zero attached hydrogens (tertiary/aromatic N) is 1. The first-order valence-electron chi connectivity index (χ1n) is 14.2. The van der Waals surface area contributed by atoms with Crippen LogP contribution in [-0.4, -0.2) is 61.7 Å². The average Bonchev–Trinajstić information content (AvgIpc) is 2.93. The zero-order chi connectivity index (χ0) is 31.0. The van der Waals surface area contributed by atoms with E-state index in [1.54, 1.807) is 31.4 Å². The van der Waals surface area contributed by atoms with Gasteiger partial charge in [-0.15, -0.1) is 0 Å². The summed E-state index contributed by atoms with van der Waals surface area (Å²) in [7, 11) is 1.71. The highest BCUT2D eigenvalue weighted by atomic mass is 35.5. The second kappa shape index (κ2) is 19.5. The maximum absolute atomic E-state index is 13.7. The lowest BCUT2D eigenvalue weighted by atomic mass is 9.78. The minimum absolute atomic E-state index is 0.157. The Morgan fingerprint density at radius 2 is 1.66 bits per heavy atom. The molecule has 1 saturated heterocycles. The molecule has 0 radical (unpaired) electrons. The molecule has 2 N–H and O–H groups in total. The number of nitrogens with one attached hydrogen (secondary N) is 1. The van der Waals surface area contributed by atoms with E-state index >= 15 is 0 Å². The molecule has 230 valence electrons. The number of rotatable bonds is 10. The molecule has 1 unspecified atom stereocenters. The van der Waals surface area contributed by atoms with Crippen molar-refractivity contribution < 1.29 is 19.4 Å². The summed E-state index contributed by atoms with van der Waals surface area (Å²) in [5.74, 6) is 0.760. The molecular weight excluding hydrogens is 583 g/mol. The number of ether oxygens (including phenoxy) is 1. The van der Waals surface area contributed by atoms with Crippen LogP contribution in [0.15, 0.2) is 42.5 Å². The molecule has 1 aliphatic rings. The Morgan fingerprint density at radius 1 is 1.07 bits per heavy atom. The molecule has 0 bridgehead atoms. The third-order valence-corrected chi connectivity index (χ3v) is 8.02. The minimum atomic E-state index is -0.836. The Kier molecular flexibility index (Phi) is 17.8. The summed E-state index contributed by atoms with van der Waals surface area (Å²) in [6, 6.07) is 12.0. The van der Waals surface area contributed by atoms with Crippen LogP contribution in [0.1, 0.15) is 77.5 Å². The molecule has 0 aromatic heterocycles. The summed E-state index contributed by atoms with van der Waals surface area (Å²) in [5.41, 5.74) is 0.770. The summed E-state index contributed by atoms with van der Waals surface area (Å²) < 4.78 is 4.69. The van der Waals surface area contributed by atoms with E-state index in [2.05, 4.69) is 24.1 Å². The van der Waals surface area contributed by atoms with Crippen molar-refractivity contribution >= 4 is 46.5 Å². The number of carbonyl (C=O) groups is 2. The molecule has 6 nitrogen and oxygen atoms in total. The molecule has 1 amide bonds. The lowest BCUT2D eigenvalue weighted by Crippen LogP contribution is -2.47. The highest BCUT2D eigenvalue weighted by Crippen LogP contribution is 2.34. The number of amides is 1. The van der Waals surface area contributed by atoms with Crippen LogP contribution in [0, 0.1) is 5.92 Å². The molecule has 2 atom stereocenters. The van der Waals surface area contributed by atoms with Gasteiger partial charge in [0.05, 0.1) is 28.1 Å². The summed E-state index contributed by atoms with van der Waals surface area (Å²) in [4.78, 5) is 25.5. The second-order valence-corrected chi connectivity index (χ2v) is 12.1.